The van der Waals surface area contributed by atoms with E-state index < -0.39 is 25.4 Å². The zero-order chi connectivity index (χ0) is 31.8. The molecule has 0 fully saturated rings. The molecule has 2 aromatic carbocycles. The molecule has 1 unspecified atom stereocenters. The number of hydrogen-bond acceptors (Lipinski definition) is 7. The van der Waals surface area contributed by atoms with Gasteiger partial charge < -0.3 is 19.3 Å². The van der Waals surface area contributed by atoms with E-state index >= 15 is 0 Å². The second-order valence-corrected chi connectivity index (χ2v) is 14.3. The van der Waals surface area contributed by atoms with Crippen LogP contribution in [0.2, 0.25) is 0 Å². The Hall–Kier alpha value is -2.87. The monoisotopic (exact) mass is 604 g/mol. The molecule has 3 N–H and O–H groups in total. The van der Waals surface area contributed by atoms with Crippen LogP contribution in [0.25, 0.3) is 0 Å². The highest BCUT2D eigenvalue weighted by Crippen LogP contribution is 2.39. The molecule has 0 radical (unpaired) electrons. The maximum Gasteiger partial charge on any atom is 0.324 e. The van der Waals surface area contributed by atoms with Gasteiger partial charge in [0, 0.05) is 0 Å². The lowest BCUT2D eigenvalue weighted by Gasteiger charge is -2.28. The molecule has 0 amide bonds. The summed E-state index contributed by atoms with van der Waals surface area (Å²) in [5.41, 5.74) is 5.14. The van der Waals surface area contributed by atoms with E-state index in [0.717, 1.165) is 27.8 Å². The van der Waals surface area contributed by atoms with Crippen LogP contribution in [0.3, 0.4) is 0 Å². The fourth-order valence-corrected chi connectivity index (χ4v) is 6.32. The molecule has 2 rings (SSSR count). The molecule has 10 heteroatoms. The topological polar surface area (TPSA) is 123 Å². The smallest absolute Gasteiger partial charge is 0.324 e. The average molecular weight is 605 g/mol. The number of aromatic hydroxyl groups is 1. The molecular weight excluding hydrogens is 555 g/mol. The van der Waals surface area contributed by atoms with E-state index in [2.05, 4.69) is 10.2 Å². The highest BCUT2D eigenvalue weighted by Gasteiger charge is 2.34. The van der Waals surface area contributed by atoms with Gasteiger partial charge in [-0.05, 0) is 106 Å². The first-order valence-electron chi connectivity index (χ1n) is 14.6. The van der Waals surface area contributed by atoms with E-state index in [1.54, 1.807) is 33.8 Å². The maximum absolute atomic E-state index is 14.1. The summed E-state index contributed by atoms with van der Waals surface area (Å²) in [5, 5.41) is 15.9. The molecule has 0 aliphatic rings. The third-order valence-electron chi connectivity index (χ3n) is 6.64. The SMILES string of the molecule is Cc1cc(OCP(=O)(NCC(=O)OC(C)C)N[C@H](C(=O)OC(C)C)C(C)C)cc(C)c1Cc1ccc(O)c(C(C)C)c1. The zero-order valence-corrected chi connectivity index (χ0v) is 27.6. The van der Waals surface area contributed by atoms with Crippen molar-refractivity contribution in [1.29, 1.82) is 0 Å². The number of benzene rings is 2. The molecule has 0 aliphatic heterocycles. The van der Waals surface area contributed by atoms with Gasteiger partial charge in [-0.15, -0.1) is 0 Å². The van der Waals surface area contributed by atoms with Crippen LogP contribution < -0.4 is 14.9 Å². The largest absolute Gasteiger partial charge is 0.508 e. The van der Waals surface area contributed by atoms with Crippen molar-refractivity contribution in [1.82, 2.24) is 10.2 Å². The van der Waals surface area contributed by atoms with Crippen LogP contribution in [0.1, 0.15) is 89.1 Å². The normalized spacial score (nSPS) is 13.9. The van der Waals surface area contributed by atoms with Gasteiger partial charge in [-0.2, -0.15) is 0 Å². The van der Waals surface area contributed by atoms with Gasteiger partial charge in [0.25, 0.3) is 0 Å². The molecule has 9 nitrogen and oxygen atoms in total. The molecule has 0 heterocycles. The first kappa shape index (κ1) is 35.3. The minimum Gasteiger partial charge on any atom is -0.508 e. The molecular formula is C32H49N2O7P. The van der Waals surface area contributed by atoms with E-state index in [4.69, 9.17) is 14.2 Å². The number of aryl methyl sites for hydroxylation is 2. The van der Waals surface area contributed by atoms with Crippen molar-refractivity contribution in [3.05, 3.63) is 58.1 Å². The summed E-state index contributed by atoms with van der Waals surface area (Å²) in [6.45, 7) is 18.4. The fraction of sp³-hybridized carbons (Fsp3) is 0.562. The van der Waals surface area contributed by atoms with Gasteiger partial charge in [-0.25, -0.2) is 10.2 Å². The van der Waals surface area contributed by atoms with Gasteiger partial charge in [-0.3, -0.25) is 14.2 Å². The minimum absolute atomic E-state index is 0.204. The van der Waals surface area contributed by atoms with Gasteiger partial charge in [0.1, 0.15) is 24.1 Å². The van der Waals surface area contributed by atoms with Crippen LogP contribution in [0.4, 0.5) is 0 Å². The highest BCUT2D eigenvalue weighted by molar-refractivity contribution is 7.59. The zero-order valence-electron chi connectivity index (χ0n) is 26.7. The number of phenols is 1. The Morgan fingerprint density at radius 3 is 2.02 bits per heavy atom. The third-order valence-corrected chi connectivity index (χ3v) is 8.50. The summed E-state index contributed by atoms with van der Waals surface area (Å²) >= 11 is 0. The Morgan fingerprint density at radius 1 is 0.905 bits per heavy atom. The van der Waals surface area contributed by atoms with Crippen molar-refractivity contribution in [3.8, 4) is 11.5 Å². The fourth-order valence-electron chi connectivity index (χ4n) is 4.49. The Balaban J connectivity index is 2.28. The lowest BCUT2D eigenvalue weighted by molar-refractivity contribution is -0.150. The van der Waals surface area contributed by atoms with Crippen LogP contribution in [0.15, 0.2) is 30.3 Å². The molecule has 42 heavy (non-hydrogen) atoms. The predicted octanol–water partition coefficient (Wildman–Crippen LogP) is 6.36. The molecule has 2 aromatic rings. The lowest BCUT2D eigenvalue weighted by atomic mass is 9.93. The third kappa shape index (κ3) is 10.8. The standard InChI is InChI=1S/C32H49N2O7P/c1-19(2)27-15-25(11-12-29(27)35)16-28-23(9)13-26(14-24(28)10)39-18-42(38,33-17-30(36)40-21(5)6)34-31(20(3)4)32(37)41-22(7)8/h11-15,19-22,31,35H,16-18H2,1-10H3,(H2,33,34,38)/t31-,42?/m0/s1. The molecule has 0 saturated carbocycles. The highest BCUT2D eigenvalue weighted by atomic mass is 31.2. The number of hydrogen-bond donors (Lipinski definition) is 3. The summed E-state index contributed by atoms with van der Waals surface area (Å²) in [7, 11) is -3.65. The number of carbonyl (C=O) groups is 2. The van der Waals surface area contributed by atoms with E-state index in [9.17, 15) is 19.3 Å². The molecule has 0 aliphatic carbocycles. The summed E-state index contributed by atoms with van der Waals surface area (Å²) < 4.78 is 30.7. The van der Waals surface area contributed by atoms with Crippen molar-refractivity contribution in [3.63, 3.8) is 0 Å². The minimum atomic E-state index is -3.65. The average Bonchev–Trinajstić information content (AvgIpc) is 2.87. The number of rotatable bonds is 15. The van der Waals surface area contributed by atoms with Crippen LogP contribution in [-0.2, 0) is 30.0 Å². The number of esters is 2. The Bertz CT molecular complexity index is 1250. The van der Waals surface area contributed by atoms with E-state index in [1.165, 1.54) is 0 Å². The lowest BCUT2D eigenvalue weighted by Crippen LogP contribution is -2.45. The van der Waals surface area contributed by atoms with Gasteiger partial charge in [0.05, 0.1) is 12.2 Å². The number of nitrogens with one attached hydrogen (secondary N) is 2. The summed E-state index contributed by atoms with van der Waals surface area (Å²) in [6, 6.07) is 8.59. The maximum atomic E-state index is 14.1. The first-order chi connectivity index (χ1) is 19.5. The molecule has 0 bridgehead atoms. The summed E-state index contributed by atoms with van der Waals surface area (Å²) in [5.74, 6) is -0.320. The molecule has 234 valence electrons. The number of carbonyl (C=O) groups excluding carboxylic acids is 2. The van der Waals surface area contributed by atoms with E-state index in [-0.39, 0.29) is 36.9 Å². The van der Waals surface area contributed by atoms with Crippen LogP contribution >= 0.6 is 7.44 Å². The van der Waals surface area contributed by atoms with E-state index in [0.29, 0.717) is 17.9 Å². The predicted molar refractivity (Wildman–Crippen MR) is 166 cm³/mol. The molecule has 0 saturated heterocycles. The summed E-state index contributed by atoms with van der Waals surface area (Å²) in [6.07, 6.45) is -0.289. The second kappa shape index (κ2) is 15.6. The quantitative estimate of drug-likeness (QED) is 0.157. The van der Waals surface area contributed by atoms with Gasteiger partial charge in [0.15, 0.2) is 6.35 Å². The van der Waals surface area contributed by atoms with Crippen LogP contribution in [-0.4, -0.2) is 48.2 Å². The Kier molecular flexibility index (Phi) is 13.1. The Labute approximate surface area is 251 Å². The van der Waals surface area contributed by atoms with Crippen molar-refractivity contribution < 1.29 is 33.5 Å². The van der Waals surface area contributed by atoms with Gasteiger partial charge in [-0.1, -0.05) is 39.8 Å². The van der Waals surface area contributed by atoms with Gasteiger partial charge in [0.2, 0.25) is 7.44 Å². The molecule has 0 spiro atoms. The number of phenolic OH excluding ortho intramolecular Hbond substituents is 1. The first-order valence-corrected chi connectivity index (χ1v) is 16.5. The van der Waals surface area contributed by atoms with Crippen LogP contribution in [0.5, 0.6) is 11.5 Å². The van der Waals surface area contributed by atoms with Crippen molar-refractivity contribution in [2.75, 3.05) is 12.9 Å². The Morgan fingerprint density at radius 2 is 1.50 bits per heavy atom. The van der Waals surface area contributed by atoms with E-state index in [1.807, 2.05) is 65.8 Å². The summed E-state index contributed by atoms with van der Waals surface area (Å²) in [4.78, 5) is 25.1. The van der Waals surface area contributed by atoms with Crippen molar-refractivity contribution in [2.24, 2.45) is 5.92 Å². The molecule has 0 aromatic heterocycles. The van der Waals surface area contributed by atoms with Gasteiger partial charge >= 0.3 is 11.9 Å². The second-order valence-electron chi connectivity index (χ2n) is 12.0. The van der Waals surface area contributed by atoms with Crippen molar-refractivity contribution in [2.45, 2.75) is 99.8 Å². The van der Waals surface area contributed by atoms with Crippen molar-refractivity contribution >= 4 is 19.4 Å². The number of ether oxygens (including phenoxy) is 3. The van der Waals surface area contributed by atoms with Crippen LogP contribution in [0, 0.1) is 19.8 Å². The molecule has 2 atom stereocenters.